The molecule has 0 saturated carbocycles. The molecule has 2 aromatic rings. The monoisotopic (exact) mass is 260 g/mol. The van der Waals surface area contributed by atoms with Gasteiger partial charge in [0.2, 0.25) is 0 Å². The summed E-state index contributed by atoms with van der Waals surface area (Å²) < 4.78 is 5.53. The number of nitrogens with zero attached hydrogens (tertiary/aromatic N) is 2. The topological polar surface area (TPSA) is 62.7 Å². The Balaban J connectivity index is 2.79. The number of aromatic carboxylic acids is 1. The molecule has 0 aliphatic rings. The number of para-hydroxylation sites is 1. The van der Waals surface area contributed by atoms with E-state index in [2.05, 4.69) is 4.98 Å². The van der Waals surface area contributed by atoms with Gasteiger partial charge in [0.15, 0.2) is 0 Å². The zero-order valence-corrected chi connectivity index (χ0v) is 11.2. The van der Waals surface area contributed by atoms with E-state index in [0.717, 1.165) is 5.39 Å². The molecule has 0 aliphatic heterocycles. The van der Waals surface area contributed by atoms with Gasteiger partial charge in [-0.2, -0.15) is 0 Å². The molecule has 5 nitrogen and oxygen atoms in total. The summed E-state index contributed by atoms with van der Waals surface area (Å²) in [6.45, 7) is 2.44. The minimum absolute atomic E-state index is 0.186. The lowest BCUT2D eigenvalue weighted by Crippen LogP contribution is -2.15. The minimum atomic E-state index is -0.986. The van der Waals surface area contributed by atoms with Crippen molar-refractivity contribution in [2.24, 2.45) is 0 Å². The highest BCUT2D eigenvalue weighted by Crippen LogP contribution is 2.33. The van der Waals surface area contributed by atoms with Gasteiger partial charge in [0.1, 0.15) is 16.8 Å². The average molecular weight is 260 g/mol. The van der Waals surface area contributed by atoms with E-state index in [1.54, 1.807) is 4.90 Å². The molecule has 1 aromatic heterocycles. The van der Waals surface area contributed by atoms with E-state index in [1.165, 1.54) is 6.20 Å². The van der Waals surface area contributed by atoms with Gasteiger partial charge in [-0.1, -0.05) is 12.1 Å². The molecule has 0 aliphatic carbocycles. The third-order valence-electron chi connectivity index (χ3n) is 2.81. The number of ether oxygens (including phenoxy) is 1. The molecular formula is C14H16N2O3. The third kappa shape index (κ3) is 2.31. The van der Waals surface area contributed by atoms with Crippen molar-refractivity contribution in [2.75, 3.05) is 25.6 Å². The zero-order valence-electron chi connectivity index (χ0n) is 11.2. The van der Waals surface area contributed by atoms with E-state index >= 15 is 0 Å². The number of benzene rings is 1. The van der Waals surface area contributed by atoms with Crippen LogP contribution in [0.1, 0.15) is 17.3 Å². The summed E-state index contributed by atoms with van der Waals surface area (Å²) >= 11 is 0. The SMILES string of the molecule is CCOc1cccc2c(N(C)C)c(C(=O)O)cnc12. The van der Waals surface area contributed by atoms with Gasteiger partial charge < -0.3 is 14.7 Å². The molecule has 1 aromatic carbocycles. The van der Waals surface area contributed by atoms with E-state index in [0.29, 0.717) is 23.6 Å². The predicted octanol–water partition coefficient (Wildman–Crippen LogP) is 2.40. The summed E-state index contributed by atoms with van der Waals surface area (Å²) in [5.74, 6) is -0.319. The quantitative estimate of drug-likeness (QED) is 0.914. The molecule has 0 bridgehead atoms. The number of carbonyl (C=O) groups is 1. The van der Waals surface area contributed by atoms with Gasteiger partial charge in [0.25, 0.3) is 0 Å². The van der Waals surface area contributed by atoms with Gasteiger partial charge in [-0.25, -0.2) is 4.79 Å². The van der Waals surface area contributed by atoms with Crippen LogP contribution in [0.3, 0.4) is 0 Å². The van der Waals surface area contributed by atoms with Gasteiger partial charge in [0, 0.05) is 25.7 Å². The van der Waals surface area contributed by atoms with Crippen LogP contribution in [0.15, 0.2) is 24.4 Å². The summed E-state index contributed by atoms with van der Waals surface area (Å²) in [5.41, 5.74) is 1.50. The molecule has 0 radical (unpaired) electrons. The summed E-state index contributed by atoms with van der Waals surface area (Å²) in [7, 11) is 3.63. The lowest BCUT2D eigenvalue weighted by Gasteiger charge is -2.18. The van der Waals surface area contributed by atoms with Gasteiger partial charge in [0.05, 0.1) is 12.3 Å². The molecule has 2 rings (SSSR count). The zero-order chi connectivity index (χ0) is 14.0. The number of carboxylic acid groups (broad SMARTS) is 1. The van der Waals surface area contributed by atoms with E-state index in [1.807, 2.05) is 39.2 Å². The molecule has 0 fully saturated rings. The highest BCUT2D eigenvalue weighted by Gasteiger charge is 2.17. The summed E-state index contributed by atoms with van der Waals surface area (Å²) in [6, 6.07) is 5.53. The summed E-state index contributed by atoms with van der Waals surface area (Å²) in [6.07, 6.45) is 1.38. The first-order valence-electron chi connectivity index (χ1n) is 6.01. The number of hydrogen-bond donors (Lipinski definition) is 1. The number of pyridine rings is 1. The fraction of sp³-hybridized carbons (Fsp3) is 0.286. The smallest absolute Gasteiger partial charge is 0.339 e. The maximum atomic E-state index is 11.3. The average Bonchev–Trinajstić information content (AvgIpc) is 2.37. The van der Waals surface area contributed by atoms with Crippen LogP contribution in [0.25, 0.3) is 10.9 Å². The molecule has 1 heterocycles. The number of aromatic nitrogens is 1. The van der Waals surface area contributed by atoms with E-state index < -0.39 is 5.97 Å². The van der Waals surface area contributed by atoms with Crippen LogP contribution >= 0.6 is 0 Å². The number of hydrogen-bond acceptors (Lipinski definition) is 4. The van der Waals surface area contributed by atoms with E-state index in [-0.39, 0.29) is 5.56 Å². The Labute approximate surface area is 111 Å². The highest BCUT2D eigenvalue weighted by atomic mass is 16.5. The van der Waals surface area contributed by atoms with Crippen LogP contribution in [0.4, 0.5) is 5.69 Å². The van der Waals surface area contributed by atoms with E-state index in [4.69, 9.17) is 4.74 Å². The van der Waals surface area contributed by atoms with Gasteiger partial charge in [-0.05, 0) is 13.0 Å². The Morgan fingerprint density at radius 1 is 1.42 bits per heavy atom. The molecule has 0 amide bonds. The van der Waals surface area contributed by atoms with Crippen LogP contribution < -0.4 is 9.64 Å². The van der Waals surface area contributed by atoms with Crippen molar-refractivity contribution in [3.8, 4) is 5.75 Å². The summed E-state index contributed by atoms with van der Waals surface area (Å²) in [4.78, 5) is 17.3. The molecule has 5 heteroatoms. The van der Waals surface area contributed by atoms with Crippen molar-refractivity contribution in [1.29, 1.82) is 0 Å². The largest absolute Gasteiger partial charge is 0.492 e. The van der Waals surface area contributed by atoms with Crippen molar-refractivity contribution in [3.05, 3.63) is 30.0 Å². The standard InChI is InChI=1S/C14H16N2O3/c1-4-19-11-7-5-6-9-12(11)15-8-10(14(17)18)13(9)16(2)3/h5-8H,4H2,1-3H3,(H,17,18). The highest BCUT2D eigenvalue weighted by molar-refractivity contribution is 6.05. The lowest BCUT2D eigenvalue weighted by atomic mass is 10.1. The second-order valence-corrected chi connectivity index (χ2v) is 4.31. The molecule has 1 N–H and O–H groups in total. The minimum Gasteiger partial charge on any atom is -0.492 e. The maximum absolute atomic E-state index is 11.3. The Kier molecular flexibility index (Phi) is 3.55. The molecular weight excluding hydrogens is 244 g/mol. The molecule has 100 valence electrons. The fourth-order valence-electron chi connectivity index (χ4n) is 2.09. The summed E-state index contributed by atoms with van der Waals surface area (Å²) in [5, 5.41) is 10.0. The van der Waals surface area contributed by atoms with Crippen LogP contribution in [-0.4, -0.2) is 36.8 Å². The van der Waals surface area contributed by atoms with Gasteiger partial charge in [-0.15, -0.1) is 0 Å². The third-order valence-corrected chi connectivity index (χ3v) is 2.81. The predicted molar refractivity (Wildman–Crippen MR) is 74.2 cm³/mol. The number of fused-ring (bicyclic) bond motifs is 1. The van der Waals surface area contributed by atoms with Gasteiger partial charge in [-0.3, -0.25) is 4.98 Å². The molecule has 0 atom stereocenters. The van der Waals surface area contributed by atoms with Crippen LogP contribution in [0.5, 0.6) is 5.75 Å². The molecule has 0 unspecified atom stereocenters. The fourth-order valence-corrected chi connectivity index (χ4v) is 2.09. The normalized spacial score (nSPS) is 10.5. The van der Waals surface area contributed by atoms with Crippen LogP contribution in [-0.2, 0) is 0 Å². The maximum Gasteiger partial charge on any atom is 0.339 e. The first-order valence-corrected chi connectivity index (χ1v) is 6.01. The first kappa shape index (κ1) is 13.1. The van der Waals surface area contributed by atoms with Crippen molar-refractivity contribution < 1.29 is 14.6 Å². The Morgan fingerprint density at radius 3 is 2.74 bits per heavy atom. The second kappa shape index (κ2) is 5.14. The molecule has 19 heavy (non-hydrogen) atoms. The first-order chi connectivity index (χ1) is 9.06. The van der Waals surface area contributed by atoms with Crippen LogP contribution in [0.2, 0.25) is 0 Å². The van der Waals surface area contributed by atoms with Crippen LogP contribution in [0, 0.1) is 0 Å². The Hall–Kier alpha value is -2.30. The van der Waals surface area contributed by atoms with E-state index in [9.17, 15) is 9.90 Å². The number of carboxylic acids is 1. The Morgan fingerprint density at radius 2 is 2.16 bits per heavy atom. The van der Waals surface area contributed by atoms with Gasteiger partial charge >= 0.3 is 5.97 Å². The van der Waals surface area contributed by atoms with Crippen molar-refractivity contribution >= 4 is 22.6 Å². The molecule has 0 spiro atoms. The van der Waals surface area contributed by atoms with Crippen molar-refractivity contribution in [3.63, 3.8) is 0 Å². The van der Waals surface area contributed by atoms with Crippen molar-refractivity contribution in [2.45, 2.75) is 6.92 Å². The number of anilines is 1. The molecule has 0 saturated heterocycles. The number of rotatable bonds is 4. The Bertz CT molecular complexity index is 623. The second-order valence-electron chi connectivity index (χ2n) is 4.31. The van der Waals surface area contributed by atoms with Crippen molar-refractivity contribution in [1.82, 2.24) is 4.98 Å². The lowest BCUT2D eigenvalue weighted by molar-refractivity contribution is 0.0697.